The van der Waals surface area contributed by atoms with Crippen molar-refractivity contribution in [1.29, 1.82) is 0 Å². The molecule has 220 valence electrons. The Balaban J connectivity index is 1.29. The third-order valence-electron chi connectivity index (χ3n) is 9.05. The van der Waals surface area contributed by atoms with Crippen LogP contribution in [-0.2, 0) is 33.8 Å². The first-order chi connectivity index (χ1) is 19.8. The molecular formula is C33H42N2O6. The average molecular weight is 563 g/mol. The van der Waals surface area contributed by atoms with Crippen molar-refractivity contribution in [1.82, 2.24) is 9.80 Å². The number of aliphatic carboxylic acids is 1. The second-order valence-electron chi connectivity index (χ2n) is 11.7. The predicted octanol–water partition coefficient (Wildman–Crippen LogP) is 5.17. The van der Waals surface area contributed by atoms with Crippen LogP contribution in [0.4, 0.5) is 0 Å². The molecule has 2 aromatic rings. The third-order valence-corrected chi connectivity index (χ3v) is 9.05. The molecular weight excluding hydrogens is 520 g/mol. The summed E-state index contributed by atoms with van der Waals surface area (Å²) in [5, 5.41) is 9.46. The number of amides is 2. The molecule has 3 aliphatic rings. The van der Waals surface area contributed by atoms with Crippen molar-refractivity contribution < 1.29 is 29.0 Å². The van der Waals surface area contributed by atoms with Crippen LogP contribution in [0.25, 0.3) is 0 Å². The van der Waals surface area contributed by atoms with Gasteiger partial charge in [0, 0.05) is 38.4 Å². The maximum atomic E-state index is 11.9. The highest BCUT2D eigenvalue weighted by Gasteiger charge is 2.30. The zero-order chi connectivity index (χ0) is 28.9. The number of carbonyl (C=O) groups excluding carboxylic acids is 2. The summed E-state index contributed by atoms with van der Waals surface area (Å²) in [6, 6.07) is 13.1. The lowest BCUT2D eigenvalue weighted by Crippen LogP contribution is -2.34. The van der Waals surface area contributed by atoms with Gasteiger partial charge in [-0.3, -0.25) is 24.2 Å². The van der Waals surface area contributed by atoms with E-state index in [1.165, 1.54) is 21.6 Å². The van der Waals surface area contributed by atoms with Gasteiger partial charge in [0.15, 0.2) is 0 Å². The van der Waals surface area contributed by atoms with Gasteiger partial charge in [-0.2, -0.15) is 0 Å². The van der Waals surface area contributed by atoms with Gasteiger partial charge < -0.3 is 14.6 Å². The highest BCUT2D eigenvalue weighted by Crippen LogP contribution is 2.35. The Morgan fingerprint density at radius 3 is 2.54 bits per heavy atom. The smallest absolute Gasteiger partial charge is 0.306 e. The van der Waals surface area contributed by atoms with Crippen molar-refractivity contribution >= 4 is 17.8 Å². The fraction of sp³-hybridized carbons (Fsp3) is 0.545. The van der Waals surface area contributed by atoms with Gasteiger partial charge >= 0.3 is 5.97 Å². The molecule has 0 bridgehead atoms. The highest BCUT2D eigenvalue weighted by molar-refractivity contribution is 6.01. The Labute approximate surface area is 242 Å². The number of hydrogen-bond acceptors (Lipinski definition) is 6. The lowest BCUT2D eigenvalue weighted by Gasteiger charge is -2.35. The van der Waals surface area contributed by atoms with Crippen LogP contribution in [0.15, 0.2) is 36.4 Å². The molecule has 1 aliphatic carbocycles. The number of ether oxygens (including phenoxy) is 2. The number of carbonyl (C=O) groups is 3. The molecule has 2 heterocycles. The first-order valence-corrected chi connectivity index (χ1v) is 15.1. The molecule has 2 aliphatic heterocycles. The normalized spacial score (nSPS) is 21.2. The topological polar surface area (TPSA) is 96.4 Å². The number of fused-ring (bicyclic) bond motifs is 1. The number of imide groups is 1. The van der Waals surface area contributed by atoms with Gasteiger partial charge in [0.05, 0.1) is 19.1 Å². The summed E-state index contributed by atoms with van der Waals surface area (Å²) in [7, 11) is 0. The average Bonchev–Trinajstić information content (AvgIpc) is 3.58. The Kier molecular flexibility index (Phi) is 9.28. The predicted molar refractivity (Wildman–Crippen MR) is 155 cm³/mol. The number of likely N-dealkylation sites (tertiary alicyclic amines) is 1. The van der Waals surface area contributed by atoms with E-state index in [9.17, 15) is 19.5 Å². The summed E-state index contributed by atoms with van der Waals surface area (Å²) in [6.07, 6.45) is 5.71. The Bertz CT molecular complexity index is 1250. The lowest BCUT2D eigenvalue weighted by molar-refractivity contribution is -0.143. The maximum absolute atomic E-state index is 11.9. The van der Waals surface area contributed by atoms with E-state index in [1.807, 2.05) is 6.07 Å². The molecule has 2 aromatic carbocycles. The summed E-state index contributed by atoms with van der Waals surface area (Å²) in [5.41, 5.74) is 4.85. The summed E-state index contributed by atoms with van der Waals surface area (Å²) >= 11 is 0. The van der Waals surface area contributed by atoms with E-state index >= 15 is 0 Å². The third kappa shape index (κ3) is 6.92. The van der Waals surface area contributed by atoms with Crippen molar-refractivity contribution in [3.63, 3.8) is 0 Å². The van der Waals surface area contributed by atoms with E-state index < -0.39 is 5.97 Å². The standard InChI is InChI=1S/C33H42N2O6/c1-3-25-18-24(6-10-29(25)41-17-15-35-31(36)12-13-32(35)37)21-34(20-23-4-7-26(8-5-23)33(38)39)22(2)27-9-11-30-28(19-27)14-16-40-30/h6,9-11,18-19,22-23,26H,3-5,7-8,12-17,20-21H2,1-2H3,(H,38,39)/t22?,23-,26-. The number of carboxylic acid groups (broad SMARTS) is 1. The largest absolute Gasteiger partial charge is 0.493 e. The molecule has 1 saturated heterocycles. The van der Waals surface area contributed by atoms with Gasteiger partial charge in [-0.15, -0.1) is 0 Å². The Morgan fingerprint density at radius 2 is 1.83 bits per heavy atom. The van der Waals surface area contributed by atoms with Crippen molar-refractivity contribution in [2.24, 2.45) is 11.8 Å². The zero-order valence-electron chi connectivity index (χ0n) is 24.3. The van der Waals surface area contributed by atoms with Gasteiger partial charge in [0.1, 0.15) is 18.1 Å². The number of hydrogen-bond donors (Lipinski definition) is 1. The first kappa shape index (κ1) is 29.1. The molecule has 0 spiro atoms. The van der Waals surface area contributed by atoms with Crippen molar-refractivity contribution in [3.8, 4) is 11.5 Å². The van der Waals surface area contributed by atoms with Gasteiger partial charge in [-0.1, -0.05) is 31.2 Å². The highest BCUT2D eigenvalue weighted by atomic mass is 16.5. The monoisotopic (exact) mass is 562 g/mol. The fourth-order valence-electron chi connectivity index (χ4n) is 6.46. The maximum Gasteiger partial charge on any atom is 0.306 e. The van der Waals surface area contributed by atoms with Crippen LogP contribution in [-0.4, -0.2) is 59.0 Å². The minimum absolute atomic E-state index is 0.119. The molecule has 0 radical (unpaired) electrons. The zero-order valence-corrected chi connectivity index (χ0v) is 24.3. The molecule has 1 N–H and O–H groups in total. The van der Waals surface area contributed by atoms with E-state index in [1.54, 1.807) is 0 Å². The van der Waals surface area contributed by atoms with Crippen LogP contribution in [0.1, 0.15) is 80.7 Å². The lowest BCUT2D eigenvalue weighted by atomic mass is 9.81. The van der Waals surface area contributed by atoms with E-state index in [4.69, 9.17) is 9.47 Å². The molecule has 1 unspecified atom stereocenters. The van der Waals surface area contributed by atoms with Gasteiger partial charge in [0.25, 0.3) is 0 Å². The van der Waals surface area contributed by atoms with Gasteiger partial charge in [-0.25, -0.2) is 0 Å². The van der Waals surface area contributed by atoms with Crippen LogP contribution in [0.3, 0.4) is 0 Å². The molecule has 1 saturated carbocycles. The summed E-state index contributed by atoms with van der Waals surface area (Å²) < 4.78 is 11.8. The molecule has 2 amide bonds. The second kappa shape index (κ2) is 13.1. The first-order valence-electron chi connectivity index (χ1n) is 15.1. The fourth-order valence-corrected chi connectivity index (χ4v) is 6.46. The minimum Gasteiger partial charge on any atom is -0.493 e. The van der Waals surface area contributed by atoms with Crippen molar-refractivity contribution in [2.75, 3.05) is 26.3 Å². The van der Waals surface area contributed by atoms with E-state index in [0.717, 1.165) is 75.3 Å². The molecule has 8 heteroatoms. The van der Waals surface area contributed by atoms with Crippen LogP contribution < -0.4 is 9.47 Å². The summed E-state index contributed by atoms with van der Waals surface area (Å²) in [4.78, 5) is 39.2. The molecule has 1 atom stereocenters. The number of carboxylic acids is 1. The van der Waals surface area contributed by atoms with Gasteiger partial charge in [0.2, 0.25) is 11.8 Å². The molecule has 8 nitrogen and oxygen atoms in total. The van der Waals surface area contributed by atoms with E-state index in [0.29, 0.717) is 18.8 Å². The van der Waals surface area contributed by atoms with Crippen LogP contribution >= 0.6 is 0 Å². The van der Waals surface area contributed by atoms with Crippen molar-refractivity contribution in [3.05, 3.63) is 58.7 Å². The van der Waals surface area contributed by atoms with E-state index in [-0.39, 0.29) is 36.9 Å². The van der Waals surface area contributed by atoms with Crippen LogP contribution in [0.2, 0.25) is 0 Å². The van der Waals surface area contributed by atoms with Gasteiger partial charge in [-0.05, 0) is 79.3 Å². The Morgan fingerprint density at radius 1 is 1.07 bits per heavy atom. The molecule has 5 rings (SSSR count). The number of nitrogens with zero attached hydrogens (tertiary/aromatic N) is 2. The number of rotatable bonds is 12. The number of aryl methyl sites for hydroxylation is 1. The molecule has 41 heavy (non-hydrogen) atoms. The SMILES string of the molecule is CCc1cc(CN(C[C@H]2CC[C@H](C(=O)O)CC2)C(C)c2ccc3c(c2)CCO3)ccc1OCCN1C(=O)CCC1=O. The van der Waals surface area contributed by atoms with Crippen molar-refractivity contribution in [2.45, 2.75) is 77.8 Å². The minimum atomic E-state index is -0.665. The molecule has 2 fully saturated rings. The Hall–Kier alpha value is -3.39. The van der Waals surface area contributed by atoms with Crippen LogP contribution in [0.5, 0.6) is 11.5 Å². The number of benzene rings is 2. The van der Waals surface area contributed by atoms with Crippen LogP contribution in [0, 0.1) is 11.8 Å². The quantitative estimate of drug-likeness (QED) is 0.357. The molecule has 0 aromatic heterocycles. The summed E-state index contributed by atoms with van der Waals surface area (Å²) in [6.45, 7) is 7.36. The van der Waals surface area contributed by atoms with E-state index in [2.05, 4.69) is 49.1 Å². The second-order valence-corrected chi connectivity index (χ2v) is 11.7. The summed E-state index contributed by atoms with van der Waals surface area (Å²) in [5.74, 6) is 1.13.